The highest BCUT2D eigenvalue weighted by Crippen LogP contribution is 2.23. The summed E-state index contributed by atoms with van der Waals surface area (Å²) in [7, 11) is 0. The molecule has 2 rings (SSSR count). The molecule has 0 fully saturated rings. The van der Waals surface area contributed by atoms with Crippen molar-refractivity contribution in [2.24, 2.45) is 0 Å². The maximum Gasteiger partial charge on any atom is 0.253 e. The third kappa shape index (κ3) is 4.23. The van der Waals surface area contributed by atoms with Crippen molar-refractivity contribution in [3.05, 3.63) is 69.2 Å². The monoisotopic (exact) mass is 337 g/mol. The molecule has 1 amide bonds. The number of hydrogen-bond donors (Lipinski definition) is 2. The molecule has 1 atom stereocenters. The Labute approximate surface area is 139 Å². The Morgan fingerprint density at radius 2 is 1.73 bits per heavy atom. The highest BCUT2D eigenvalue weighted by Gasteiger charge is 2.18. The van der Waals surface area contributed by atoms with Crippen LogP contribution in [-0.4, -0.2) is 11.0 Å². The van der Waals surface area contributed by atoms with Crippen LogP contribution in [0.4, 0.5) is 0 Å². The average Bonchev–Trinajstić information content (AvgIpc) is 2.51. The summed E-state index contributed by atoms with van der Waals surface area (Å²) in [5.74, 6) is -0.482. The third-order valence-corrected chi connectivity index (χ3v) is 3.84. The molecule has 116 valence electrons. The molecule has 2 aromatic rings. The second kappa shape index (κ2) is 7.63. The van der Waals surface area contributed by atoms with Gasteiger partial charge < -0.3 is 10.4 Å². The summed E-state index contributed by atoms with van der Waals surface area (Å²) in [6.45, 7) is 2.43. The van der Waals surface area contributed by atoms with Crippen molar-refractivity contribution in [2.75, 3.05) is 0 Å². The van der Waals surface area contributed by atoms with E-state index in [2.05, 4.69) is 12.2 Å². The fourth-order valence-electron chi connectivity index (χ4n) is 2.24. The SMILES string of the molecule is CCc1ccccc1CNC(=O)C(O)c1cc(Cl)cc(Cl)c1. The van der Waals surface area contributed by atoms with Crippen molar-refractivity contribution in [3.63, 3.8) is 0 Å². The van der Waals surface area contributed by atoms with Crippen LogP contribution in [0.25, 0.3) is 0 Å². The summed E-state index contributed by atoms with van der Waals surface area (Å²) in [4.78, 5) is 12.1. The number of hydrogen-bond acceptors (Lipinski definition) is 2. The Morgan fingerprint density at radius 3 is 2.32 bits per heavy atom. The summed E-state index contributed by atoms with van der Waals surface area (Å²) in [6.07, 6.45) is -0.414. The van der Waals surface area contributed by atoms with Crippen LogP contribution in [0, 0.1) is 0 Å². The van der Waals surface area contributed by atoms with E-state index in [1.165, 1.54) is 17.7 Å². The van der Waals surface area contributed by atoms with Gasteiger partial charge in [-0.2, -0.15) is 0 Å². The zero-order valence-electron chi connectivity index (χ0n) is 12.1. The number of amides is 1. The van der Waals surface area contributed by atoms with Gasteiger partial charge >= 0.3 is 0 Å². The van der Waals surface area contributed by atoms with Crippen molar-refractivity contribution in [3.8, 4) is 0 Å². The predicted octanol–water partition coefficient (Wildman–Crippen LogP) is 3.91. The summed E-state index contributed by atoms with van der Waals surface area (Å²) < 4.78 is 0. The molecule has 0 saturated carbocycles. The molecule has 0 bridgehead atoms. The standard InChI is InChI=1S/C17H17Cl2NO2/c1-2-11-5-3-4-6-12(11)10-20-17(22)16(21)13-7-14(18)9-15(19)8-13/h3-9,16,21H,2,10H2,1H3,(H,20,22). The quantitative estimate of drug-likeness (QED) is 0.869. The van der Waals surface area contributed by atoms with E-state index in [0.717, 1.165) is 12.0 Å². The van der Waals surface area contributed by atoms with Crippen molar-refractivity contribution in [1.29, 1.82) is 0 Å². The van der Waals surface area contributed by atoms with E-state index < -0.39 is 12.0 Å². The highest BCUT2D eigenvalue weighted by molar-refractivity contribution is 6.34. The summed E-state index contributed by atoms with van der Waals surface area (Å²) in [5, 5.41) is 13.6. The fraction of sp³-hybridized carbons (Fsp3) is 0.235. The van der Waals surface area contributed by atoms with Crippen LogP contribution in [0.15, 0.2) is 42.5 Å². The first kappa shape index (κ1) is 16.8. The maximum atomic E-state index is 12.1. The van der Waals surface area contributed by atoms with Crippen LogP contribution in [-0.2, 0) is 17.8 Å². The van der Waals surface area contributed by atoms with Crippen molar-refractivity contribution in [2.45, 2.75) is 26.0 Å². The lowest BCUT2D eigenvalue weighted by Gasteiger charge is -2.14. The first-order valence-electron chi connectivity index (χ1n) is 6.99. The van der Waals surface area contributed by atoms with E-state index in [1.807, 2.05) is 24.3 Å². The predicted molar refractivity (Wildman–Crippen MR) is 89.1 cm³/mol. The lowest BCUT2D eigenvalue weighted by molar-refractivity contribution is -0.129. The van der Waals surface area contributed by atoms with Crippen LogP contribution in [0.1, 0.15) is 29.7 Å². The first-order chi connectivity index (χ1) is 10.5. The zero-order chi connectivity index (χ0) is 16.1. The van der Waals surface area contributed by atoms with Crippen molar-refractivity contribution >= 4 is 29.1 Å². The van der Waals surface area contributed by atoms with Gasteiger partial charge in [0.15, 0.2) is 6.10 Å². The van der Waals surface area contributed by atoms with Crippen LogP contribution >= 0.6 is 23.2 Å². The van der Waals surface area contributed by atoms with Gasteiger partial charge in [0, 0.05) is 16.6 Å². The zero-order valence-corrected chi connectivity index (χ0v) is 13.7. The number of carbonyl (C=O) groups excluding carboxylic acids is 1. The summed E-state index contributed by atoms with van der Waals surface area (Å²) in [5.41, 5.74) is 2.58. The van der Waals surface area contributed by atoms with Gasteiger partial charge in [0.2, 0.25) is 0 Å². The number of aliphatic hydroxyl groups is 1. The number of nitrogens with one attached hydrogen (secondary N) is 1. The van der Waals surface area contributed by atoms with Gasteiger partial charge in [0.1, 0.15) is 0 Å². The summed E-state index contributed by atoms with van der Waals surface area (Å²) >= 11 is 11.8. The molecule has 0 heterocycles. The molecule has 0 radical (unpaired) electrons. The molecule has 3 nitrogen and oxygen atoms in total. The molecular weight excluding hydrogens is 321 g/mol. The number of benzene rings is 2. The number of carbonyl (C=O) groups is 1. The highest BCUT2D eigenvalue weighted by atomic mass is 35.5. The van der Waals surface area contributed by atoms with Crippen LogP contribution in [0.2, 0.25) is 10.0 Å². The normalized spacial score (nSPS) is 12.0. The Balaban J connectivity index is 2.05. The minimum Gasteiger partial charge on any atom is -0.378 e. The van der Waals surface area contributed by atoms with Gasteiger partial charge in [-0.3, -0.25) is 4.79 Å². The Morgan fingerprint density at radius 1 is 1.14 bits per heavy atom. The van der Waals surface area contributed by atoms with Gasteiger partial charge in [-0.15, -0.1) is 0 Å². The van der Waals surface area contributed by atoms with Gasteiger partial charge in [0.05, 0.1) is 0 Å². The molecular formula is C17H17Cl2NO2. The molecule has 1 unspecified atom stereocenters. The van der Waals surface area contributed by atoms with E-state index in [0.29, 0.717) is 22.2 Å². The molecule has 22 heavy (non-hydrogen) atoms. The smallest absolute Gasteiger partial charge is 0.253 e. The number of aliphatic hydroxyl groups excluding tert-OH is 1. The third-order valence-electron chi connectivity index (χ3n) is 3.40. The van der Waals surface area contributed by atoms with Gasteiger partial charge in [-0.05, 0) is 41.3 Å². The van der Waals surface area contributed by atoms with Crippen molar-refractivity contribution < 1.29 is 9.90 Å². The van der Waals surface area contributed by atoms with E-state index in [1.54, 1.807) is 6.07 Å². The molecule has 0 aliphatic carbocycles. The average molecular weight is 338 g/mol. The number of halogens is 2. The van der Waals surface area contributed by atoms with Crippen LogP contribution in [0.5, 0.6) is 0 Å². The van der Waals surface area contributed by atoms with Gasteiger partial charge in [-0.1, -0.05) is 54.4 Å². The fourth-order valence-corrected chi connectivity index (χ4v) is 2.78. The molecule has 0 spiro atoms. The maximum absolute atomic E-state index is 12.1. The second-order valence-electron chi connectivity index (χ2n) is 4.95. The number of aryl methyl sites for hydroxylation is 1. The Hall–Kier alpha value is -1.55. The minimum absolute atomic E-state index is 0.369. The molecule has 0 aliphatic heterocycles. The van der Waals surface area contributed by atoms with Crippen LogP contribution in [0.3, 0.4) is 0 Å². The molecule has 5 heteroatoms. The van der Waals surface area contributed by atoms with E-state index >= 15 is 0 Å². The minimum atomic E-state index is -1.30. The van der Waals surface area contributed by atoms with Gasteiger partial charge in [0.25, 0.3) is 5.91 Å². The largest absolute Gasteiger partial charge is 0.378 e. The van der Waals surface area contributed by atoms with E-state index in [4.69, 9.17) is 23.2 Å². The lowest BCUT2D eigenvalue weighted by atomic mass is 10.0. The van der Waals surface area contributed by atoms with E-state index in [9.17, 15) is 9.90 Å². The molecule has 0 aromatic heterocycles. The lowest BCUT2D eigenvalue weighted by Crippen LogP contribution is -2.29. The Bertz CT molecular complexity index is 653. The summed E-state index contributed by atoms with van der Waals surface area (Å²) in [6, 6.07) is 12.5. The van der Waals surface area contributed by atoms with Crippen molar-refractivity contribution in [1.82, 2.24) is 5.32 Å². The Kier molecular flexibility index (Phi) is 5.83. The molecule has 2 N–H and O–H groups in total. The topological polar surface area (TPSA) is 49.3 Å². The van der Waals surface area contributed by atoms with E-state index in [-0.39, 0.29) is 0 Å². The molecule has 2 aromatic carbocycles. The molecule has 0 saturated heterocycles. The second-order valence-corrected chi connectivity index (χ2v) is 5.82. The van der Waals surface area contributed by atoms with Gasteiger partial charge in [-0.25, -0.2) is 0 Å². The first-order valence-corrected chi connectivity index (χ1v) is 7.75. The van der Waals surface area contributed by atoms with Crippen LogP contribution < -0.4 is 5.32 Å². The number of rotatable bonds is 5. The molecule has 0 aliphatic rings.